The van der Waals surface area contributed by atoms with Gasteiger partial charge in [0.05, 0.1) is 0 Å². The molecular formula is C11H15NO5. The summed E-state index contributed by atoms with van der Waals surface area (Å²) in [5.41, 5.74) is 0.478. The first-order chi connectivity index (χ1) is 7.93. The van der Waals surface area contributed by atoms with Crippen LogP contribution in [-0.2, 0) is 23.8 Å². The Morgan fingerprint density at radius 3 is 2.35 bits per heavy atom. The molecule has 0 amide bonds. The maximum Gasteiger partial charge on any atom is 0.350 e. The Morgan fingerprint density at radius 1 is 1.29 bits per heavy atom. The first kappa shape index (κ1) is 11.9. The summed E-state index contributed by atoms with van der Waals surface area (Å²) >= 11 is 0. The lowest BCUT2D eigenvalue weighted by atomic mass is 10.1. The standard InChI is InChI=1S/C11H15NO5/c1-11(2)16-9(13)8(10(14)17-11)6-4-5-7(12-6)15-3/h7,12H,4-5H2,1-3H3. The van der Waals surface area contributed by atoms with Gasteiger partial charge in [0.2, 0.25) is 0 Å². The maximum absolute atomic E-state index is 11.7. The molecule has 2 fully saturated rings. The molecule has 1 atom stereocenters. The molecule has 2 rings (SSSR count). The summed E-state index contributed by atoms with van der Waals surface area (Å²) in [6, 6.07) is 0. The third kappa shape index (κ3) is 2.26. The number of carbonyl (C=O) groups is 2. The van der Waals surface area contributed by atoms with E-state index in [4.69, 9.17) is 14.2 Å². The number of rotatable bonds is 1. The minimum absolute atomic E-state index is 0.0520. The zero-order valence-electron chi connectivity index (χ0n) is 10.0. The van der Waals surface area contributed by atoms with E-state index in [1.807, 2.05) is 0 Å². The van der Waals surface area contributed by atoms with Crippen molar-refractivity contribution in [1.29, 1.82) is 0 Å². The van der Waals surface area contributed by atoms with Crippen molar-refractivity contribution in [3.63, 3.8) is 0 Å². The second-order valence-corrected chi connectivity index (χ2v) is 4.44. The van der Waals surface area contributed by atoms with Crippen LogP contribution < -0.4 is 5.32 Å². The van der Waals surface area contributed by atoms with Crippen molar-refractivity contribution in [1.82, 2.24) is 5.32 Å². The highest BCUT2D eigenvalue weighted by molar-refractivity contribution is 6.16. The van der Waals surface area contributed by atoms with E-state index in [0.29, 0.717) is 18.5 Å². The van der Waals surface area contributed by atoms with Crippen molar-refractivity contribution in [3.8, 4) is 0 Å². The van der Waals surface area contributed by atoms with Crippen LogP contribution in [0.3, 0.4) is 0 Å². The van der Waals surface area contributed by atoms with Gasteiger partial charge in [-0.15, -0.1) is 0 Å². The van der Waals surface area contributed by atoms with Crippen molar-refractivity contribution < 1.29 is 23.8 Å². The van der Waals surface area contributed by atoms with Crippen molar-refractivity contribution in [2.75, 3.05) is 7.11 Å². The molecule has 94 valence electrons. The van der Waals surface area contributed by atoms with Crippen LogP contribution in [0.15, 0.2) is 11.3 Å². The van der Waals surface area contributed by atoms with Crippen molar-refractivity contribution in [2.45, 2.75) is 38.7 Å². The van der Waals surface area contributed by atoms with E-state index >= 15 is 0 Å². The minimum atomic E-state index is -1.20. The number of nitrogens with one attached hydrogen (secondary N) is 1. The molecule has 0 saturated carbocycles. The molecule has 0 aliphatic carbocycles. The van der Waals surface area contributed by atoms with E-state index < -0.39 is 17.7 Å². The topological polar surface area (TPSA) is 73.9 Å². The second-order valence-electron chi connectivity index (χ2n) is 4.44. The molecule has 0 aromatic carbocycles. The molecule has 1 unspecified atom stereocenters. The van der Waals surface area contributed by atoms with Crippen LogP contribution >= 0.6 is 0 Å². The lowest BCUT2D eigenvalue weighted by Crippen LogP contribution is -2.43. The molecule has 2 aliphatic rings. The summed E-state index contributed by atoms with van der Waals surface area (Å²) in [6.07, 6.45) is 1.10. The smallest absolute Gasteiger partial charge is 0.350 e. The van der Waals surface area contributed by atoms with E-state index in [2.05, 4.69) is 5.32 Å². The van der Waals surface area contributed by atoms with Gasteiger partial charge < -0.3 is 19.5 Å². The molecule has 2 saturated heterocycles. The molecule has 2 aliphatic heterocycles. The molecule has 0 radical (unpaired) electrons. The number of ether oxygens (including phenoxy) is 3. The van der Waals surface area contributed by atoms with Gasteiger partial charge in [0, 0.05) is 26.7 Å². The normalized spacial score (nSPS) is 27.6. The van der Waals surface area contributed by atoms with Crippen molar-refractivity contribution in [2.24, 2.45) is 0 Å². The van der Waals surface area contributed by atoms with E-state index in [0.717, 1.165) is 0 Å². The Hall–Kier alpha value is -1.56. The van der Waals surface area contributed by atoms with E-state index in [9.17, 15) is 9.59 Å². The molecule has 0 bridgehead atoms. The Morgan fingerprint density at radius 2 is 1.88 bits per heavy atom. The Kier molecular flexibility index (Phi) is 2.82. The quantitative estimate of drug-likeness (QED) is 0.408. The van der Waals surface area contributed by atoms with Crippen LogP contribution in [0, 0.1) is 0 Å². The SMILES string of the molecule is COC1CCC(=C2C(=O)OC(C)(C)OC2=O)N1. The van der Waals surface area contributed by atoms with Crippen LogP contribution in [0.1, 0.15) is 26.7 Å². The third-order valence-corrected chi connectivity index (χ3v) is 2.66. The molecule has 17 heavy (non-hydrogen) atoms. The molecular weight excluding hydrogens is 226 g/mol. The van der Waals surface area contributed by atoms with Crippen LogP contribution in [0.2, 0.25) is 0 Å². The largest absolute Gasteiger partial charge is 0.419 e. The number of methoxy groups -OCH3 is 1. The fraction of sp³-hybridized carbons (Fsp3) is 0.636. The summed E-state index contributed by atoms with van der Waals surface area (Å²) in [6.45, 7) is 3.04. The number of allylic oxidation sites excluding steroid dienone is 1. The maximum atomic E-state index is 11.7. The average molecular weight is 241 g/mol. The molecule has 0 aromatic rings. The molecule has 6 nitrogen and oxygen atoms in total. The molecule has 0 spiro atoms. The molecule has 1 N–H and O–H groups in total. The van der Waals surface area contributed by atoms with Crippen LogP contribution in [0.5, 0.6) is 0 Å². The first-order valence-corrected chi connectivity index (χ1v) is 5.42. The predicted octanol–water partition coefficient (Wildman–Crippen LogP) is 0.432. The highest BCUT2D eigenvalue weighted by atomic mass is 16.7. The lowest BCUT2D eigenvalue weighted by molar-refractivity contribution is -0.222. The fourth-order valence-corrected chi connectivity index (χ4v) is 1.89. The van der Waals surface area contributed by atoms with E-state index in [1.54, 1.807) is 7.11 Å². The van der Waals surface area contributed by atoms with Gasteiger partial charge in [-0.25, -0.2) is 9.59 Å². The second kappa shape index (κ2) is 4.03. The average Bonchev–Trinajstić information content (AvgIpc) is 2.62. The van der Waals surface area contributed by atoms with Crippen molar-refractivity contribution >= 4 is 11.9 Å². The monoisotopic (exact) mass is 241 g/mol. The van der Waals surface area contributed by atoms with Gasteiger partial charge >= 0.3 is 11.9 Å². The van der Waals surface area contributed by atoms with E-state index in [-0.39, 0.29) is 11.8 Å². The Balaban J connectivity index is 2.25. The number of esters is 2. The van der Waals surface area contributed by atoms with Gasteiger partial charge in [-0.3, -0.25) is 0 Å². The van der Waals surface area contributed by atoms with Gasteiger partial charge in [-0.2, -0.15) is 0 Å². The van der Waals surface area contributed by atoms with Gasteiger partial charge in [0.15, 0.2) is 5.57 Å². The molecule has 0 aromatic heterocycles. The lowest BCUT2D eigenvalue weighted by Gasteiger charge is -2.30. The van der Waals surface area contributed by atoms with Gasteiger partial charge in [0.1, 0.15) is 6.23 Å². The van der Waals surface area contributed by atoms with Gasteiger partial charge in [0.25, 0.3) is 5.79 Å². The highest BCUT2D eigenvalue weighted by Crippen LogP contribution is 2.28. The fourth-order valence-electron chi connectivity index (χ4n) is 1.89. The Labute approximate surface area is 98.9 Å². The van der Waals surface area contributed by atoms with E-state index in [1.165, 1.54) is 13.8 Å². The van der Waals surface area contributed by atoms with Crippen LogP contribution in [0.4, 0.5) is 0 Å². The predicted molar refractivity (Wildman–Crippen MR) is 56.5 cm³/mol. The molecule has 2 heterocycles. The Bertz CT molecular complexity index is 377. The number of hydrogen-bond donors (Lipinski definition) is 1. The van der Waals surface area contributed by atoms with Crippen LogP contribution in [0.25, 0.3) is 0 Å². The zero-order valence-corrected chi connectivity index (χ0v) is 10.0. The van der Waals surface area contributed by atoms with Crippen molar-refractivity contribution in [3.05, 3.63) is 11.3 Å². The summed E-state index contributed by atoms with van der Waals surface area (Å²) in [5, 5.41) is 2.95. The number of hydrogen-bond acceptors (Lipinski definition) is 6. The summed E-state index contributed by atoms with van der Waals surface area (Å²) in [4.78, 5) is 23.5. The summed E-state index contributed by atoms with van der Waals surface area (Å²) < 4.78 is 15.1. The number of carbonyl (C=O) groups excluding carboxylic acids is 2. The summed E-state index contributed by atoms with van der Waals surface area (Å²) in [5.74, 6) is -2.49. The zero-order chi connectivity index (χ0) is 12.6. The number of cyclic esters (lactones) is 2. The van der Waals surface area contributed by atoms with Gasteiger partial charge in [-0.1, -0.05) is 0 Å². The van der Waals surface area contributed by atoms with Gasteiger partial charge in [-0.05, 0) is 12.8 Å². The third-order valence-electron chi connectivity index (χ3n) is 2.66. The minimum Gasteiger partial charge on any atom is -0.419 e. The molecule has 6 heteroatoms. The first-order valence-electron chi connectivity index (χ1n) is 5.42. The highest BCUT2D eigenvalue weighted by Gasteiger charge is 2.41. The summed E-state index contributed by atoms with van der Waals surface area (Å²) in [7, 11) is 1.56. The van der Waals surface area contributed by atoms with Crippen LogP contribution in [-0.4, -0.2) is 31.1 Å².